The number of carbonyl (C=O) groups excluding carboxylic acids is 1. The van der Waals surface area contributed by atoms with Gasteiger partial charge in [0, 0.05) is 33.7 Å². The summed E-state index contributed by atoms with van der Waals surface area (Å²) in [6, 6.07) is 0. The van der Waals surface area contributed by atoms with Gasteiger partial charge in [0.05, 0.1) is 6.61 Å². The molecule has 63 valence electrons. The van der Waals surface area contributed by atoms with Crippen LogP contribution < -0.4 is 0 Å². The van der Waals surface area contributed by atoms with Crippen molar-refractivity contribution < 1.29 is 9.53 Å². The SMILES string of the molecule is CCCCCC(=O)OCC.[Tl]. The van der Waals surface area contributed by atoms with Gasteiger partial charge in [0.15, 0.2) is 0 Å². The smallest absolute Gasteiger partial charge is 0.305 e. The third-order valence-electron chi connectivity index (χ3n) is 1.29. The molecule has 0 spiro atoms. The van der Waals surface area contributed by atoms with Gasteiger partial charge in [-0.1, -0.05) is 19.8 Å². The van der Waals surface area contributed by atoms with Crippen LogP contribution in [-0.2, 0) is 9.53 Å². The van der Waals surface area contributed by atoms with Crippen LogP contribution in [0.5, 0.6) is 0 Å². The maximum Gasteiger partial charge on any atom is 0.305 e. The Kier molecular flexibility index (Phi) is 13.2. The zero-order valence-electron chi connectivity index (χ0n) is 7.43. The van der Waals surface area contributed by atoms with Crippen molar-refractivity contribution in [2.45, 2.75) is 39.5 Å². The molecule has 1 radical (unpaired) electrons. The van der Waals surface area contributed by atoms with Crippen LogP contribution in [0.2, 0.25) is 0 Å². The minimum absolute atomic E-state index is 0. The van der Waals surface area contributed by atoms with Crippen molar-refractivity contribution in [1.29, 1.82) is 0 Å². The second kappa shape index (κ2) is 10.4. The zero-order chi connectivity index (χ0) is 7.82. The molecule has 11 heavy (non-hydrogen) atoms. The monoisotopic (exact) mass is 349 g/mol. The zero-order valence-corrected chi connectivity index (χ0v) is 11.9. The van der Waals surface area contributed by atoms with Gasteiger partial charge in [-0.15, -0.1) is 0 Å². The fourth-order valence-corrected chi connectivity index (χ4v) is 0.752. The Morgan fingerprint density at radius 1 is 1.27 bits per heavy atom. The molecule has 0 bridgehead atoms. The van der Waals surface area contributed by atoms with Crippen molar-refractivity contribution in [1.82, 2.24) is 0 Å². The van der Waals surface area contributed by atoms with E-state index in [-0.39, 0.29) is 33.3 Å². The van der Waals surface area contributed by atoms with Gasteiger partial charge in [-0.25, -0.2) is 0 Å². The van der Waals surface area contributed by atoms with Crippen LogP contribution in [0.15, 0.2) is 0 Å². The van der Waals surface area contributed by atoms with Crippen molar-refractivity contribution in [3.8, 4) is 0 Å². The van der Waals surface area contributed by atoms with Gasteiger partial charge in [0.2, 0.25) is 0 Å². The summed E-state index contributed by atoms with van der Waals surface area (Å²) in [5.41, 5.74) is 0. The second-order valence-corrected chi connectivity index (χ2v) is 2.26. The summed E-state index contributed by atoms with van der Waals surface area (Å²) in [7, 11) is 0. The van der Waals surface area contributed by atoms with Crippen molar-refractivity contribution in [2.75, 3.05) is 6.61 Å². The van der Waals surface area contributed by atoms with E-state index in [1.807, 2.05) is 6.92 Å². The molecule has 0 aromatic heterocycles. The Labute approximate surface area is 88.9 Å². The van der Waals surface area contributed by atoms with E-state index in [1.165, 1.54) is 0 Å². The molecule has 3 heteroatoms. The fourth-order valence-electron chi connectivity index (χ4n) is 0.752. The molecule has 0 rings (SSSR count). The quantitative estimate of drug-likeness (QED) is 0.430. The number of hydrogen-bond donors (Lipinski definition) is 0. The van der Waals surface area contributed by atoms with Gasteiger partial charge in [0.1, 0.15) is 0 Å². The molecular weight excluding hydrogens is 332 g/mol. The van der Waals surface area contributed by atoms with Crippen molar-refractivity contribution in [3.05, 3.63) is 0 Å². The Bertz CT molecular complexity index is 94.1. The topological polar surface area (TPSA) is 26.3 Å². The first kappa shape index (κ1) is 13.9. The maximum atomic E-state index is 10.7. The predicted octanol–water partition coefficient (Wildman–Crippen LogP) is 1.75. The van der Waals surface area contributed by atoms with E-state index in [9.17, 15) is 4.79 Å². The van der Waals surface area contributed by atoms with E-state index in [1.54, 1.807) is 0 Å². The first-order valence-electron chi connectivity index (χ1n) is 3.96. The predicted molar refractivity (Wildman–Crippen MR) is 46.5 cm³/mol. The van der Waals surface area contributed by atoms with Crippen molar-refractivity contribution >= 4 is 33.3 Å². The molecule has 0 amide bonds. The molecule has 0 aliphatic carbocycles. The van der Waals surface area contributed by atoms with Crippen molar-refractivity contribution in [3.63, 3.8) is 0 Å². The summed E-state index contributed by atoms with van der Waals surface area (Å²) >= 11 is 0. The molecule has 0 saturated carbocycles. The molecule has 0 aliphatic heterocycles. The second-order valence-electron chi connectivity index (χ2n) is 2.26. The van der Waals surface area contributed by atoms with Gasteiger partial charge in [0.25, 0.3) is 0 Å². The van der Waals surface area contributed by atoms with E-state index in [4.69, 9.17) is 4.74 Å². The third kappa shape index (κ3) is 10.4. The Hall–Kier alpha value is 0.392. The molecular formula is C8H16O2Tl. The number of hydrogen-bond acceptors (Lipinski definition) is 2. The van der Waals surface area contributed by atoms with Gasteiger partial charge in [-0.05, 0) is 13.3 Å². The first-order chi connectivity index (χ1) is 4.81. The molecule has 0 aromatic rings. The van der Waals surface area contributed by atoms with Gasteiger partial charge in [-0.3, -0.25) is 4.79 Å². The molecule has 0 N–H and O–H groups in total. The Morgan fingerprint density at radius 2 is 1.91 bits per heavy atom. The van der Waals surface area contributed by atoms with E-state index < -0.39 is 0 Å². The minimum atomic E-state index is -0.0593. The van der Waals surface area contributed by atoms with Gasteiger partial charge < -0.3 is 4.74 Å². The number of rotatable bonds is 5. The van der Waals surface area contributed by atoms with Gasteiger partial charge in [-0.2, -0.15) is 0 Å². The van der Waals surface area contributed by atoms with Crippen LogP contribution in [0.1, 0.15) is 39.5 Å². The molecule has 0 atom stereocenters. The number of ether oxygens (including phenoxy) is 1. The molecule has 0 aliphatic rings. The molecule has 2 nitrogen and oxygen atoms in total. The van der Waals surface area contributed by atoms with E-state index in [2.05, 4.69) is 6.92 Å². The van der Waals surface area contributed by atoms with Gasteiger partial charge >= 0.3 is 5.97 Å². The summed E-state index contributed by atoms with van der Waals surface area (Å²) in [6.45, 7) is 4.45. The fraction of sp³-hybridized carbons (Fsp3) is 0.875. The normalized spacial score (nSPS) is 8.55. The minimum Gasteiger partial charge on any atom is -0.466 e. The molecule has 0 saturated heterocycles. The average molecular weight is 349 g/mol. The average Bonchev–Trinajstić information content (AvgIpc) is 1.89. The van der Waals surface area contributed by atoms with Crippen LogP contribution in [0, 0.1) is 0 Å². The molecule has 0 fully saturated rings. The van der Waals surface area contributed by atoms with Crippen LogP contribution in [0.25, 0.3) is 0 Å². The van der Waals surface area contributed by atoms with Crippen LogP contribution in [0.4, 0.5) is 0 Å². The molecule has 0 aromatic carbocycles. The first-order valence-corrected chi connectivity index (χ1v) is 3.96. The van der Waals surface area contributed by atoms with Crippen LogP contribution >= 0.6 is 0 Å². The van der Waals surface area contributed by atoms with E-state index in [0.717, 1.165) is 19.3 Å². The molecule has 0 heterocycles. The standard InChI is InChI=1S/C8H16O2.Tl/c1-3-5-6-7-8(9)10-4-2;/h3-7H2,1-2H3;. The van der Waals surface area contributed by atoms with Crippen LogP contribution in [-0.4, -0.2) is 39.9 Å². The summed E-state index contributed by atoms with van der Waals surface area (Å²) in [5.74, 6) is -0.0593. The largest absolute Gasteiger partial charge is 0.466 e. The number of carbonyl (C=O) groups is 1. The Morgan fingerprint density at radius 3 is 2.36 bits per heavy atom. The summed E-state index contributed by atoms with van der Waals surface area (Å²) in [6.07, 6.45) is 3.83. The summed E-state index contributed by atoms with van der Waals surface area (Å²) in [5, 5.41) is 0. The Balaban J connectivity index is 0. The third-order valence-corrected chi connectivity index (χ3v) is 1.29. The van der Waals surface area contributed by atoms with Crippen LogP contribution in [0.3, 0.4) is 0 Å². The molecule has 0 unspecified atom stereocenters. The van der Waals surface area contributed by atoms with E-state index >= 15 is 0 Å². The summed E-state index contributed by atoms with van der Waals surface area (Å²) in [4.78, 5) is 10.7. The van der Waals surface area contributed by atoms with E-state index in [0.29, 0.717) is 13.0 Å². The number of unbranched alkanes of at least 4 members (excludes halogenated alkanes) is 2. The maximum absolute atomic E-state index is 10.7. The number of esters is 1. The summed E-state index contributed by atoms with van der Waals surface area (Å²) < 4.78 is 4.75. The van der Waals surface area contributed by atoms with Crippen molar-refractivity contribution in [2.24, 2.45) is 0 Å².